The molecule has 2 aromatic rings. The Morgan fingerprint density at radius 2 is 1.63 bits per heavy atom. The van der Waals surface area contributed by atoms with Crippen molar-refractivity contribution in [3.8, 4) is 6.07 Å². The first kappa shape index (κ1) is 19.6. The molecule has 6 heteroatoms. The number of carbonyl (C=O) groups is 1. The van der Waals surface area contributed by atoms with Crippen LogP contribution in [0.5, 0.6) is 0 Å². The van der Waals surface area contributed by atoms with Gasteiger partial charge in [0.15, 0.2) is 0 Å². The second-order valence-corrected chi connectivity index (χ2v) is 7.60. The Hall–Kier alpha value is -2.20. The van der Waals surface area contributed by atoms with E-state index in [0.29, 0.717) is 0 Å². The summed E-state index contributed by atoms with van der Waals surface area (Å²) in [6.45, 7) is 4.99. The molecule has 0 radical (unpaired) electrons. The zero-order chi connectivity index (χ0) is 19.2. The minimum atomic E-state index is -0.236. The summed E-state index contributed by atoms with van der Waals surface area (Å²) in [5.74, 6) is -0.00864. The molecule has 1 heterocycles. The average Bonchev–Trinajstić information content (AvgIpc) is 2.71. The number of nitriles is 1. The van der Waals surface area contributed by atoms with Gasteiger partial charge in [-0.05, 0) is 36.8 Å². The Kier molecular flexibility index (Phi) is 6.62. The highest BCUT2D eigenvalue weighted by Gasteiger charge is 2.29. The number of hydrogen-bond donors (Lipinski definition) is 1. The topological polar surface area (TPSA) is 59.4 Å². The third-order valence-corrected chi connectivity index (χ3v) is 5.52. The zero-order valence-corrected chi connectivity index (χ0v) is 16.9. The van der Waals surface area contributed by atoms with E-state index in [1.54, 1.807) is 0 Å². The van der Waals surface area contributed by atoms with Gasteiger partial charge in [-0.15, -0.1) is 0 Å². The molecule has 1 N–H and O–H groups in total. The lowest BCUT2D eigenvalue weighted by molar-refractivity contribution is -0.121. The van der Waals surface area contributed by atoms with Gasteiger partial charge in [0, 0.05) is 36.3 Å². The van der Waals surface area contributed by atoms with Crippen LogP contribution in [-0.4, -0.2) is 47.9 Å². The number of halogens is 1. The van der Waals surface area contributed by atoms with Crippen LogP contribution in [0.2, 0.25) is 0 Å². The largest absolute Gasteiger partial charge is 0.325 e. The molecule has 1 fully saturated rings. The van der Waals surface area contributed by atoms with E-state index in [4.69, 9.17) is 0 Å². The first-order valence-corrected chi connectivity index (χ1v) is 9.87. The number of hydrogen-bond acceptors (Lipinski definition) is 4. The van der Waals surface area contributed by atoms with Crippen LogP contribution in [0.3, 0.4) is 0 Å². The van der Waals surface area contributed by atoms with Crippen LogP contribution in [0.1, 0.15) is 18.5 Å². The molecule has 140 valence electrons. The second-order valence-electron chi connectivity index (χ2n) is 6.69. The summed E-state index contributed by atoms with van der Waals surface area (Å²) in [7, 11) is 0. The molecule has 1 amide bonds. The maximum absolute atomic E-state index is 12.6. The molecule has 0 aliphatic carbocycles. The standard InChI is InChI=1S/C21H23BrN4O/c1-16(21(27)24-19-9-7-18(22)8-10-19)25-11-13-26(14-12-25)20(15-23)17-5-3-2-4-6-17/h2-10,16,20H,11-14H2,1H3,(H,24,27). The highest BCUT2D eigenvalue weighted by Crippen LogP contribution is 2.22. The van der Waals surface area contributed by atoms with E-state index in [9.17, 15) is 10.1 Å². The van der Waals surface area contributed by atoms with Gasteiger partial charge >= 0.3 is 0 Å². The van der Waals surface area contributed by atoms with E-state index >= 15 is 0 Å². The van der Waals surface area contributed by atoms with E-state index < -0.39 is 0 Å². The minimum Gasteiger partial charge on any atom is -0.325 e. The van der Waals surface area contributed by atoms with Gasteiger partial charge in [0.1, 0.15) is 6.04 Å². The molecule has 1 aliphatic rings. The number of carbonyl (C=O) groups excluding carboxylic acids is 1. The van der Waals surface area contributed by atoms with E-state index in [-0.39, 0.29) is 18.0 Å². The van der Waals surface area contributed by atoms with E-state index in [2.05, 4.69) is 37.1 Å². The van der Waals surface area contributed by atoms with Crippen LogP contribution in [-0.2, 0) is 4.79 Å². The van der Waals surface area contributed by atoms with Gasteiger partial charge in [-0.3, -0.25) is 14.6 Å². The lowest BCUT2D eigenvalue weighted by atomic mass is 10.1. The summed E-state index contributed by atoms with van der Waals surface area (Å²) in [5, 5.41) is 12.6. The fraction of sp³-hybridized carbons (Fsp3) is 0.333. The van der Waals surface area contributed by atoms with Crippen molar-refractivity contribution in [2.24, 2.45) is 0 Å². The number of rotatable bonds is 5. The van der Waals surface area contributed by atoms with Crippen molar-refractivity contribution in [2.45, 2.75) is 19.0 Å². The average molecular weight is 427 g/mol. The van der Waals surface area contributed by atoms with Gasteiger partial charge in [-0.1, -0.05) is 46.3 Å². The lowest BCUT2D eigenvalue weighted by Gasteiger charge is -2.39. The molecule has 1 aliphatic heterocycles. The Balaban J connectivity index is 1.55. The lowest BCUT2D eigenvalue weighted by Crippen LogP contribution is -2.53. The Bertz CT molecular complexity index is 795. The summed E-state index contributed by atoms with van der Waals surface area (Å²) in [5.41, 5.74) is 1.82. The van der Waals surface area contributed by atoms with Crippen LogP contribution in [0.25, 0.3) is 0 Å². The molecule has 2 unspecified atom stereocenters. The maximum atomic E-state index is 12.6. The number of benzene rings is 2. The van der Waals surface area contributed by atoms with E-state index in [1.807, 2.05) is 61.5 Å². The number of nitrogens with one attached hydrogen (secondary N) is 1. The molecule has 1 saturated heterocycles. The van der Waals surface area contributed by atoms with Gasteiger partial charge in [0.2, 0.25) is 5.91 Å². The number of nitrogens with zero attached hydrogens (tertiary/aromatic N) is 3. The van der Waals surface area contributed by atoms with E-state index in [1.165, 1.54) is 0 Å². The molecule has 5 nitrogen and oxygen atoms in total. The molecule has 3 rings (SSSR count). The molecule has 27 heavy (non-hydrogen) atoms. The monoisotopic (exact) mass is 426 g/mol. The molecular weight excluding hydrogens is 404 g/mol. The molecular formula is C21H23BrN4O. The third-order valence-electron chi connectivity index (χ3n) is 4.99. The fourth-order valence-electron chi connectivity index (χ4n) is 3.33. The molecule has 0 aromatic heterocycles. The van der Waals surface area contributed by atoms with Crippen molar-refractivity contribution in [1.29, 1.82) is 5.26 Å². The smallest absolute Gasteiger partial charge is 0.241 e. The number of piperazine rings is 1. The van der Waals surface area contributed by atoms with Crippen LogP contribution in [0, 0.1) is 11.3 Å². The van der Waals surface area contributed by atoms with Crippen LogP contribution in [0.4, 0.5) is 5.69 Å². The third kappa shape index (κ3) is 4.95. The normalized spacial score (nSPS) is 17.7. The van der Waals surface area contributed by atoms with Crippen molar-refractivity contribution in [3.63, 3.8) is 0 Å². The zero-order valence-electron chi connectivity index (χ0n) is 15.3. The van der Waals surface area contributed by atoms with Crippen LogP contribution < -0.4 is 5.32 Å². The predicted molar refractivity (Wildman–Crippen MR) is 110 cm³/mol. The Labute approximate surface area is 168 Å². The van der Waals surface area contributed by atoms with Crippen molar-refractivity contribution in [2.75, 3.05) is 31.5 Å². The minimum absolute atomic E-state index is 0.00864. The molecule has 0 spiro atoms. The maximum Gasteiger partial charge on any atom is 0.241 e. The van der Waals surface area contributed by atoms with Gasteiger partial charge in [-0.25, -0.2) is 0 Å². The van der Waals surface area contributed by atoms with Gasteiger partial charge < -0.3 is 5.32 Å². The first-order chi connectivity index (χ1) is 13.1. The highest BCUT2D eigenvalue weighted by molar-refractivity contribution is 9.10. The van der Waals surface area contributed by atoms with Crippen LogP contribution >= 0.6 is 15.9 Å². The van der Waals surface area contributed by atoms with Gasteiger partial charge in [0.05, 0.1) is 12.1 Å². The van der Waals surface area contributed by atoms with E-state index in [0.717, 1.165) is 41.9 Å². The quantitative estimate of drug-likeness (QED) is 0.792. The summed E-state index contributed by atoms with van der Waals surface area (Å²) in [6.07, 6.45) is 0. The van der Waals surface area contributed by atoms with Crippen molar-refractivity contribution in [3.05, 3.63) is 64.6 Å². The van der Waals surface area contributed by atoms with Crippen molar-refractivity contribution >= 4 is 27.5 Å². The van der Waals surface area contributed by atoms with Crippen molar-refractivity contribution < 1.29 is 4.79 Å². The SMILES string of the molecule is CC(C(=O)Nc1ccc(Br)cc1)N1CCN(C(C#N)c2ccccc2)CC1. The second kappa shape index (κ2) is 9.14. The fourth-order valence-corrected chi connectivity index (χ4v) is 3.60. The highest BCUT2D eigenvalue weighted by atomic mass is 79.9. The molecule has 0 saturated carbocycles. The first-order valence-electron chi connectivity index (χ1n) is 9.07. The molecule has 2 atom stereocenters. The van der Waals surface area contributed by atoms with Crippen LogP contribution in [0.15, 0.2) is 59.1 Å². The van der Waals surface area contributed by atoms with Gasteiger partial charge in [0.25, 0.3) is 0 Å². The molecule has 2 aromatic carbocycles. The Morgan fingerprint density at radius 1 is 1.04 bits per heavy atom. The van der Waals surface area contributed by atoms with Gasteiger partial charge in [-0.2, -0.15) is 5.26 Å². The van der Waals surface area contributed by atoms with Crippen molar-refractivity contribution in [1.82, 2.24) is 9.80 Å². The Morgan fingerprint density at radius 3 is 2.22 bits per heavy atom. The summed E-state index contributed by atoms with van der Waals surface area (Å²) >= 11 is 3.39. The molecule has 0 bridgehead atoms. The summed E-state index contributed by atoms with van der Waals surface area (Å²) in [4.78, 5) is 16.9. The number of amides is 1. The summed E-state index contributed by atoms with van der Waals surface area (Å²) in [6, 6.07) is 19.4. The summed E-state index contributed by atoms with van der Waals surface area (Å²) < 4.78 is 0.982. The predicted octanol–water partition coefficient (Wildman–Crippen LogP) is 3.66. The number of anilines is 1.